The second kappa shape index (κ2) is 5.19. The molecule has 1 saturated heterocycles. The summed E-state index contributed by atoms with van der Waals surface area (Å²) < 4.78 is 5.37. The van der Waals surface area contributed by atoms with E-state index < -0.39 is 0 Å². The van der Waals surface area contributed by atoms with E-state index in [4.69, 9.17) is 33.7 Å². The van der Waals surface area contributed by atoms with E-state index in [9.17, 15) is 0 Å². The van der Waals surface area contributed by atoms with E-state index in [0.717, 1.165) is 12.4 Å². The summed E-state index contributed by atoms with van der Waals surface area (Å²) >= 11 is 11.9. The van der Waals surface area contributed by atoms with Crippen molar-refractivity contribution in [2.24, 2.45) is 5.73 Å². The zero-order chi connectivity index (χ0) is 11.5. The fourth-order valence-electron chi connectivity index (χ4n) is 1.75. The quantitative estimate of drug-likeness (QED) is 0.878. The summed E-state index contributed by atoms with van der Waals surface area (Å²) in [4.78, 5) is 6.32. The fraction of sp³-hybridized carbons (Fsp3) is 0.500. The van der Waals surface area contributed by atoms with Gasteiger partial charge in [-0.05, 0) is 6.07 Å². The van der Waals surface area contributed by atoms with E-state index in [0.29, 0.717) is 29.8 Å². The van der Waals surface area contributed by atoms with Gasteiger partial charge in [0.15, 0.2) is 0 Å². The van der Waals surface area contributed by atoms with Crippen molar-refractivity contribution < 1.29 is 4.74 Å². The van der Waals surface area contributed by atoms with Crippen LogP contribution in [0.5, 0.6) is 0 Å². The Morgan fingerprint density at radius 1 is 1.56 bits per heavy atom. The first kappa shape index (κ1) is 11.9. The molecular weight excluding hydrogens is 249 g/mol. The Morgan fingerprint density at radius 3 is 3.06 bits per heavy atom. The van der Waals surface area contributed by atoms with E-state index in [1.165, 1.54) is 0 Å². The number of halogens is 2. The van der Waals surface area contributed by atoms with Crippen molar-refractivity contribution in [3.05, 3.63) is 22.3 Å². The number of nitrogens with zero attached hydrogens (tertiary/aromatic N) is 2. The highest BCUT2D eigenvalue weighted by molar-refractivity contribution is 6.36. The predicted molar refractivity (Wildman–Crippen MR) is 65.3 cm³/mol. The molecule has 2 heterocycles. The molecule has 1 aliphatic rings. The van der Waals surface area contributed by atoms with Crippen LogP contribution in [0.25, 0.3) is 0 Å². The summed E-state index contributed by atoms with van der Waals surface area (Å²) in [5, 5.41) is 1.08. The second-order valence-electron chi connectivity index (χ2n) is 3.62. The lowest BCUT2D eigenvalue weighted by Gasteiger charge is -2.36. The summed E-state index contributed by atoms with van der Waals surface area (Å²) in [6.07, 6.45) is 1.59. The lowest BCUT2D eigenvalue weighted by atomic mass is 10.2. The molecule has 0 aromatic carbocycles. The highest BCUT2D eigenvalue weighted by atomic mass is 35.5. The topological polar surface area (TPSA) is 51.4 Å². The smallest absolute Gasteiger partial charge is 0.147 e. The maximum Gasteiger partial charge on any atom is 0.147 e. The van der Waals surface area contributed by atoms with E-state index in [2.05, 4.69) is 9.88 Å². The van der Waals surface area contributed by atoms with Crippen LogP contribution < -0.4 is 10.6 Å². The SMILES string of the molecule is NCC1COCCN1c1ncc(Cl)cc1Cl. The standard InChI is InChI=1S/C10H13Cl2N3O/c11-7-3-9(12)10(14-5-7)15-1-2-16-6-8(15)4-13/h3,5,8H,1-2,4,6,13H2. The summed E-state index contributed by atoms with van der Waals surface area (Å²) in [6, 6.07) is 1.81. The third kappa shape index (κ3) is 2.40. The zero-order valence-corrected chi connectivity index (χ0v) is 10.2. The first-order valence-corrected chi connectivity index (χ1v) is 5.83. The lowest BCUT2D eigenvalue weighted by molar-refractivity contribution is 0.0958. The number of hydrogen-bond acceptors (Lipinski definition) is 4. The average Bonchev–Trinajstić information content (AvgIpc) is 2.29. The molecule has 6 heteroatoms. The molecule has 0 spiro atoms. The van der Waals surface area contributed by atoms with E-state index in [-0.39, 0.29) is 6.04 Å². The van der Waals surface area contributed by atoms with E-state index in [1.54, 1.807) is 12.3 Å². The van der Waals surface area contributed by atoms with Gasteiger partial charge >= 0.3 is 0 Å². The van der Waals surface area contributed by atoms with Crippen LogP contribution in [-0.4, -0.2) is 37.3 Å². The maximum atomic E-state index is 6.11. The number of ether oxygens (including phenoxy) is 1. The Kier molecular flexibility index (Phi) is 3.86. The molecular formula is C10H13Cl2N3O. The minimum Gasteiger partial charge on any atom is -0.377 e. The summed E-state index contributed by atoms with van der Waals surface area (Å²) in [5.41, 5.74) is 5.69. The largest absolute Gasteiger partial charge is 0.377 e. The molecule has 16 heavy (non-hydrogen) atoms. The number of pyridine rings is 1. The molecule has 0 radical (unpaired) electrons. The third-order valence-electron chi connectivity index (χ3n) is 2.56. The number of nitrogens with two attached hydrogens (primary N) is 1. The number of rotatable bonds is 2. The van der Waals surface area contributed by atoms with Gasteiger partial charge in [0.2, 0.25) is 0 Å². The van der Waals surface area contributed by atoms with Crippen LogP contribution in [0.15, 0.2) is 12.3 Å². The van der Waals surface area contributed by atoms with Crippen molar-refractivity contribution >= 4 is 29.0 Å². The molecule has 2 rings (SSSR count). The average molecular weight is 262 g/mol. The van der Waals surface area contributed by atoms with Crippen LogP contribution in [0.2, 0.25) is 10.0 Å². The third-order valence-corrected chi connectivity index (χ3v) is 3.04. The van der Waals surface area contributed by atoms with Gasteiger partial charge in [-0.1, -0.05) is 23.2 Å². The van der Waals surface area contributed by atoms with Gasteiger partial charge in [0, 0.05) is 19.3 Å². The molecule has 88 valence electrons. The molecule has 1 aromatic rings. The van der Waals surface area contributed by atoms with Crippen LogP contribution in [0.3, 0.4) is 0 Å². The summed E-state index contributed by atoms with van der Waals surface area (Å²) in [6.45, 7) is 2.53. The summed E-state index contributed by atoms with van der Waals surface area (Å²) in [5.74, 6) is 0.727. The first-order valence-electron chi connectivity index (χ1n) is 5.08. The van der Waals surface area contributed by atoms with Crippen LogP contribution in [-0.2, 0) is 4.74 Å². The Labute approximate surface area is 104 Å². The fourth-order valence-corrected chi connectivity index (χ4v) is 2.24. The van der Waals surface area contributed by atoms with Crippen LogP contribution in [0.4, 0.5) is 5.82 Å². The Bertz CT molecular complexity index is 375. The predicted octanol–water partition coefficient (Wildman–Crippen LogP) is 1.55. The van der Waals surface area contributed by atoms with Crippen molar-refractivity contribution in [3.8, 4) is 0 Å². The summed E-state index contributed by atoms with van der Waals surface area (Å²) in [7, 11) is 0. The van der Waals surface area contributed by atoms with Crippen molar-refractivity contribution in [2.75, 3.05) is 31.2 Å². The molecule has 1 fully saturated rings. The van der Waals surface area contributed by atoms with Gasteiger partial charge < -0.3 is 15.4 Å². The van der Waals surface area contributed by atoms with E-state index in [1.807, 2.05) is 0 Å². The number of aromatic nitrogens is 1. The maximum absolute atomic E-state index is 6.11. The van der Waals surface area contributed by atoms with Crippen molar-refractivity contribution in [1.82, 2.24) is 4.98 Å². The number of hydrogen-bond donors (Lipinski definition) is 1. The first-order chi connectivity index (χ1) is 7.72. The van der Waals surface area contributed by atoms with Crippen molar-refractivity contribution in [1.29, 1.82) is 0 Å². The highest BCUT2D eigenvalue weighted by Gasteiger charge is 2.24. The molecule has 0 amide bonds. The van der Waals surface area contributed by atoms with Gasteiger partial charge in [-0.2, -0.15) is 0 Å². The Hall–Kier alpha value is -0.550. The number of morpholine rings is 1. The highest BCUT2D eigenvalue weighted by Crippen LogP contribution is 2.28. The van der Waals surface area contributed by atoms with Crippen molar-refractivity contribution in [3.63, 3.8) is 0 Å². The Morgan fingerprint density at radius 2 is 2.38 bits per heavy atom. The van der Waals surface area contributed by atoms with Gasteiger partial charge in [-0.3, -0.25) is 0 Å². The van der Waals surface area contributed by atoms with Gasteiger partial charge in [0.25, 0.3) is 0 Å². The Balaban J connectivity index is 2.27. The van der Waals surface area contributed by atoms with Crippen LogP contribution in [0, 0.1) is 0 Å². The van der Waals surface area contributed by atoms with E-state index >= 15 is 0 Å². The van der Waals surface area contributed by atoms with Crippen LogP contribution >= 0.6 is 23.2 Å². The van der Waals surface area contributed by atoms with Gasteiger partial charge in [-0.25, -0.2) is 4.98 Å². The normalized spacial score (nSPS) is 21.2. The van der Waals surface area contributed by atoms with Crippen molar-refractivity contribution in [2.45, 2.75) is 6.04 Å². The van der Waals surface area contributed by atoms with Gasteiger partial charge in [0.1, 0.15) is 5.82 Å². The monoisotopic (exact) mass is 261 g/mol. The zero-order valence-electron chi connectivity index (χ0n) is 8.70. The number of anilines is 1. The van der Waals surface area contributed by atoms with Gasteiger partial charge in [-0.15, -0.1) is 0 Å². The minimum atomic E-state index is 0.125. The lowest BCUT2D eigenvalue weighted by Crippen LogP contribution is -2.50. The van der Waals surface area contributed by atoms with Gasteiger partial charge in [0.05, 0.1) is 29.3 Å². The van der Waals surface area contributed by atoms with Crippen LogP contribution in [0.1, 0.15) is 0 Å². The molecule has 0 saturated carbocycles. The molecule has 4 nitrogen and oxygen atoms in total. The second-order valence-corrected chi connectivity index (χ2v) is 4.46. The molecule has 0 aliphatic carbocycles. The molecule has 1 aliphatic heterocycles. The molecule has 1 unspecified atom stereocenters. The molecule has 1 atom stereocenters. The molecule has 0 bridgehead atoms. The molecule has 2 N–H and O–H groups in total. The minimum absolute atomic E-state index is 0.125. The molecule has 1 aromatic heterocycles.